The summed E-state index contributed by atoms with van der Waals surface area (Å²) in [6.07, 6.45) is 3.32. The molecule has 1 aliphatic heterocycles. The van der Waals surface area contributed by atoms with Crippen molar-refractivity contribution in [3.63, 3.8) is 0 Å². The molecule has 4 heteroatoms. The number of Topliss-reactive ketones (excluding diaryl/α,β-unsaturated/α-hetero) is 1. The van der Waals surface area contributed by atoms with E-state index in [1.807, 2.05) is 0 Å². The Bertz CT molecular complexity index is 218. The molecule has 52 valence electrons. The smallest absolute Gasteiger partial charge is 0.241 e. The Morgan fingerprint density at radius 3 is 3.10 bits per heavy atom. The third-order valence-electron chi connectivity index (χ3n) is 1.08. The van der Waals surface area contributed by atoms with Crippen molar-refractivity contribution in [3.8, 4) is 0 Å². The molecule has 0 amide bonds. The highest BCUT2D eigenvalue weighted by Crippen LogP contribution is 1.86. The van der Waals surface area contributed by atoms with Crippen LogP contribution in [0.2, 0.25) is 0 Å². The average molecular weight is 138 g/mol. The predicted octanol–water partition coefficient (Wildman–Crippen LogP) is -0.730. The van der Waals surface area contributed by atoms with E-state index >= 15 is 0 Å². The van der Waals surface area contributed by atoms with Gasteiger partial charge in [-0.1, -0.05) is 0 Å². The van der Waals surface area contributed by atoms with Gasteiger partial charge in [0.1, 0.15) is 5.71 Å². The molecule has 0 aliphatic carbocycles. The highest BCUT2D eigenvalue weighted by atomic mass is 16.2. The van der Waals surface area contributed by atoms with Crippen LogP contribution in [0.1, 0.15) is 0 Å². The summed E-state index contributed by atoms with van der Waals surface area (Å²) in [5.74, 6) is -0.558. The minimum atomic E-state index is -0.558. The van der Waals surface area contributed by atoms with Crippen LogP contribution in [0.25, 0.3) is 0 Å². The minimum absolute atomic E-state index is 0.262. The third-order valence-corrected chi connectivity index (χ3v) is 1.08. The molecule has 0 spiro atoms. The van der Waals surface area contributed by atoms with Crippen LogP contribution in [0.4, 0.5) is 0 Å². The van der Waals surface area contributed by atoms with Crippen LogP contribution in [0, 0.1) is 0 Å². The van der Waals surface area contributed by atoms with Crippen molar-refractivity contribution < 1.29 is 9.59 Å². The number of rotatable bonds is 2. The van der Waals surface area contributed by atoms with E-state index in [0.717, 1.165) is 0 Å². The maximum atomic E-state index is 10.6. The number of carbonyl (C=O) groups excluding carboxylic acids is 2. The quantitative estimate of drug-likeness (QED) is 0.404. The van der Waals surface area contributed by atoms with E-state index in [9.17, 15) is 9.59 Å². The van der Waals surface area contributed by atoms with Gasteiger partial charge in [0.2, 0.25) is 5.78 Å². The van der Waals surface area contributed by atoms with Crippen molar-refractivity contribution >= 4 is 17.8 Å². The van der Waals surface area contributed by atoms with Crippen molar-refractivity contribution in [1.29, 1.82) is 0 Å². The van der Waals surface area contributed by atoms with Crippen LogP contribution in [0.5, 0.6) is 0 Å². The number of nitrogens with zero attached hydrogens (tertiary/aromatic N) is 1. The maximum Gasteiger partial charge on any atom is 0.241 e. The Labute approximate surface area is 57.6 Å². The third kappa shape index (κ3) is 1.28. The maximum absolute atomic E-state index is 10.6. The zero-order valence-electron chi connectivity index (χ0n) is 5.20. The van der Waals surface area contributed by atoms with Crippen LogP contribution in [0.15, 0.2) is 17.4 Å². The zero-order valence-corrected chi connectivity index (χ0v) is 5.20. The Balaban J connectivity index is 2.71. The molecule has 0 atom stereocenters. The molecular formula is C6H6N2O2. The molecule has 1 N–H and O–H groups in total. The van der Waals surface area contributed by atoms with E-state index in [0.29, 0.717) is 6.54 Å². The van der Waals surface area contributed by atoms with Gasteiger partial charge < -0.3 is 5.32 Å². The van der Waals surface area contributed by atoms with E-state index in [-0.39, 0.29) is 12.0 Å². The van der Waals surface area contributed by atoms with E-state index in [2.05, 4.69) is 10.3 Å². The summed E-state index contributed by atoms with van der Waals surface area (Å²) in [4.78, 5) is 24.2. The van der Waals surface area contributed by atoms with E-state index < -0.39 is 5.78 Å². The molecule has 0 saturated carbocycles. The number of aldehydes is 1. The summed E-state index contributed by atoms with van der Waals surface area (Å²) < 4.78 is 0. The Morgan fingerprint density at radius 1 is 1.80 bits per heavy atom. The predicted molar refractivity (Wildman–Crippen MR) is 35.6 cm³/mol. The van der Waals surface area contributed by atoms with Gasteiger partial charge in [-0.25, -0.2) is 0 Å². The van der Waals surface area contributed by atoms with Gasteiger partial charge in [0.15, 0.2) is 6.29 Å². The Kier molecular flexibility index (Phi) is 1.94. The number of nitrogens with one attached hydrogen (secondary N) is 1. The fourth-order valence-corrected chi connectivity index (χ4v) is 0.600. The SMILES string of the molecule is O=CC(=O)C1=NC=CNC1. The molecule has 1 rings (SSSR count). The van der Waals surface area contributed by atoms with Crippen LogP contribution < -0.4 is 5.32 Å². The van der Waals surface area contributed by atoms with Gasteiger partial charge in [-0.05, 0) is 0 Å². The summed E-state index contributed by atoms with van der Waals surface area (Å²) in [5, 5.41) is 2.76. The first-order valence-corrected chi connectivity index (χ1v) is 2.79. The van der Waals surface area contributed by atoms with Gasteiger partial charge in [0.05, 0.1) is 6.54 Å². The van der Waals surface area contributed by atoms with Crippen LogP contribution >= 0.6 is 0 Å². The molecule has 0 radical (unpaired) electrons. The summed E-state index contributed by atoms with van der Waals surface area (Å²) in [6.45, 7) is 0.341. The lowest BCUT2D eigenvalue weighted by Gasteiger charge is -2.03. The van der Waals surface area contributed by atoms with Gasteiger partial charge in [-0.15, -0.1) is 0 Å². The molecule has 1 aliphatic rings. The average Bonchev–Trinajstić information content (AvgIpc) is 2.05. The van der Waals surface area contributed by atoms with Crippen LogP contribution in [0.3, 0.4) is 0 Å². The lowest BCUT2D eigenvalue weighted by Crippen LogP contribution is -2.28. The molecule has 0 aromatic heterocycles. The molecular weight excluding hydrogens is 132 g/mol. The molecule has 0 bridgehead atoms. The largest absolute Gasteiger partial charge is 0.384 e. The van der Waals surface area contributed by atoms with Gasteiger partial charge in [-0.3, -0.25) is 14.6 Å². The zero-order chi connectivity index (χ0) is 7.40. The molecule has 0 saturated heterocycles. The molecule has 0 aromatic rings. The van der Waals surface area contributed by atoms with Crippen molar-refractivity contribution in [1.82, 2.24) is 5.32 Å². The number of carbonyl (C=O) groups is 2. The topological polar surface area (TPSA) is 58.5 Å². The fourth-order valence-electron chi connectivity index (χ4n) is 0.600. The molecule has 0 unspecified atom stereocenters. The van der Waals surface area contributed by atoms with Crippen molar-refractivity contribution in [3.05, 3.63) is 12.4 Å². The lowest BCUT2D eigenvalue weighted by molar-refractivity contribution is -0.125. The highest BCUT2D eigenvalue weighted by Gasteiger charge is 2.09. The summed E-state index contributed by atoms with van der Waals surface area (Å²) >= 11 is 0. The molecule has 10 heavy (non-hydrogen) atoms. The molecule has 4 nitrogen and oxygen atoms in total. The van der Waals surface area contributed by atoms with Gasteiger partial charge >= 0.3 is 0 Å². The second kappa shape index (κ2) is 2.91. The molecule has 1 heterocycles. The summed E-state index contributed by atoms with van der Waals surface area (Å²) in [6, 6.07) is 0. The standard InChI is InChI=1S/C6H6N2O2/c9-4-6(10)5-3-7-1-2-8-5/h1-2,4,7H,3H2. The van der Waals surface area contributed by atoms with E-state index in [1.165, 1.54) is 6.20 Å². The van der Waals surface area contributed by atoms with Crippen LogP contribution in [-0.2, 0) is 9.59 Å². The summed E-state index contributed by atoms with van der Waals surface area (Å²) in [7, 11) is 0. The van der Waals surface area contributed by atoms with Crippen molar-refractivity contribution in [2.75, 3.05) is 6.54 Å². The normalized spacial score (nSPS) is 15.4. The number of ketones is 1. The monoisotopic (exact) mass is 138 g/mol. The van der Waals surface area contributed by atoms with Gasteiger partial charge in [0.25, 0.3) is 0 Å². The second-order valence-corrected chi connectivity index (χ2v) is 1.75. The number of hydrogen-bond acceptors (Lipinski definition) is 4. The molecule has 0 aromatic carbocycles. The van der Waals surface area contributed by atoms with Crippen molar-refractivity contribution in [2.24, 2.45) is 4.99 Å². The highest BCUT2D eigenvalue weighted by molar-refractivity contribution is 6.60. The number of hydrogen-bond donors (Lipinski definition) is 1. The second-order valence-electron chi connectivity index (χ2n) is 1.75. The molecule has 0 fully saturated rings. The lowest BCUT2D eigenvalue weighted by atomic mass is 10.2. The summed E-state index contributed by atoms with van der Waals surface area (Å²) in [5.41, 5.74) is 0.262. The van der Waals surface area contributed by atoms with E-state index in [4.69, 9.17) is 0 Å². The van der Waals surface area contributed by atoms with Crippen molar-refractivity contribution in [2.45, 2.75) is 0 Å². The Hall–Kier alpha value is -1.45. The first-order chi connectivity index (χ1) is 4.84. The van der Waals surface area contributed by atoms with Gasteiger partial charge in [-0.2, -0.15) is 0 Å². The Morgan fingerprint density at radius 2 is 2.60 bits per heavy atom. The van der Waals surface area contributed by atoms with Crippen LogP contribution in [-0.4, -0.2) is 24.3 Å². The van der Waals surface area contributed by atoms with Gasteiger partial charge in [0, 0.05) is 12.4 Å². The first-order valence-electron chi connectivity index (χ1n) is 2.79. The first kappa shape index (κ1) is 6.67. The number of aliphatic imine (C=N–C) groups is 1. The minimum Gasteiger partial charge on any atom is -0.384 e. The fraction of sp³-hybridized carbons (Fsp3) is 0.167. The van der Waals surface area contributed by atoms with E-state index in [1.54, 1.807) is 6.20 Å².